The molecule has 0 saturated heterocycles. The van der Waals surface area contributed by atoms with Crippen molar-refractivity contribution in [3.8, 4) is 11.8 Å². The molecule has 0 spiro atoms. The van der Waals surface area contributed by atoms with Gasteiger partial charge in [0.1, 0.15) is 17.3 Å². The molecule has 10 heteroatoms. The van der Waals surface area contributed by atoms with Gasteiger partial charge in [-0.25, -0.2) is 9.97 Å². The molecule has 3 heterocycles. The van der Waals surface area contributed by atoms with Crippen molar-refractivity contribution in [3.05, 3.63) is 39.4 Å². The maximum absolute atomic E-state index is 12.4. The number of hydrogen-bond acceptors (Lipinski definition) is 7. The van der Waals surface area contributed by atoms with Crippen LogP contribution in [-0.2, 0) is 4.79 Å². The topological polar surface area (TPSA) is 112 Å². The lowest BCUT2D eigenvalue weighted by atomic mass is 9.85. The number of fused-ring (bicyclic) bond motifs is 1. The van der Waals surface area contributed by atoms with Crippen LogP contribution >= 0.6 is 22.9 Å². The Balaban J connectivity index is 1.78. The Morgan fingerprint density at radius 1 is 1.35 bits per heavy atom. The van der Waals surface area contributed by atoms with Crippen molar-refractivity contribution in [2.75, 3.05) is 19.4 Å². The number of nitrogens with one attached hydrogen (secondary N) is 2. The fourth-order valence-electron chi connectivity index (χ4n) is 4.05. The number of amides is 1. The van der Waals surface area contributed by atoms with Crippen LogP contribution in [0.2, 0.25) is 4.34 Å². The van der Waals surface area contributed by atoms with Crippen LogP contribution < -0.4 is 10.6 Å². The molecule has 1 saturated carbocycles. The van der Waals surface area contributed by atoms with Crippen LogP contribution in [0.4, 0.5) is 5.69 Å². The second-order valence-corrected chi connectivity index (χ2v) is 9.40. The van der Waals surface area contributed by atoms with E-state index in [0.29, 0.717) is 21.2 Å². The molecule has 3 aromatic heterocycles. The number of carbonyl (C=O) groups is 1. The van der Waals surface area contributed by atoms with E-state index < -0.39 is 23.7 Å². The predicted molar refractivity (Wildman–Crippen MR) is 120 cm³/mol. The molecule has 1 aliphatic rings. The van der Waals surface area contributed by atoms with Gasteiger partial charge in [-0.1, -0.05) is 11.6 Å². The Kier molecular flexibility index (Phi) is 5.66. The fraction of sp³-hybridized carbons (Fsp3) is 0.381. The van der Waals surface area contributed by atoms with Crippen molar-refractivity contribution in [3.63, 3.8) is 0 Å². The number of anilines is 1. The van der Waals surface area contributed by atoms with E-state index in [2.05, 4.69) is 32.4 Å². The monoisotopic (exact) mass is 459 g/mol. The number of pyridine rings is 1. The van der Waals surface area contributed by atoms with Gasteiger partial charge in [-0.2, -0.15) is 0 Å². The van der Waals surface area contributed by atoms with Gasteiger partial charge in [-0.15, -0.1) is 11.3 Å². The molecule has 1 amide bonds. The maximum atomic E-state index is 12.4. The summed E-state index contributed by atoms with van der Waals surface area (Å²) in [4.78, 5) is 22.3. The quantitative estimate of drug-likeness (QED) is 0.446. The third kappa shape index (κ3) is 3.66. The van der Waals surface area contributed by atoms with E-state index in [4.69, 9.17) is 11.6 Å². The maximum Gasteiger partial charge on any atom is 0.228 e. The van der Waals surface area contributed by atoms with E-state index >= 15 is 0 Å². The molecular weight excluding hydrogens is 438 g/mol. The van der Waals surface area contributed by atoms with Crippen LogP contribution in [0.15, 0.2) is 24.5 Å². The molecule has 4 N–H and O–H groups in total. The highest BCUT2D eigenvalue weighted by Crippen LogP contribution is 2.45. The number of carbonyl (C=O) groups excluding carboxylic acids is 1. The minimum Gasteiger partial charge on any atom is -0.389 e. The van der Waals surface area contributed by atoms with Gasteiger partial charge in [-0.3, -0.25) is 4.79 Å². The molecule has 4 rings (SSSR count). The Bertz CT molecular complexity index is 1210. The van der Waals surface area contributed by atoms with Crippen LogP contribution in [-0.4, -0.2) is 57.0 Å². The van der Waals surface area contributed by atoms with Gasteiger partial charge >= 0.3 is 0 Å². The van der Waals surface area contributed by atoms with E-state index in [-0.39, 0.29) is 12.3 Å². The molecule has 8 nitrogen and oxygen atoms in total. The van der Waals surface area contributed by atoms with Crippen LogP contribution in [0.3, 0.4) is 0 Å². The molecular formula is C21H22ClN5O3S. The minimum absolute atomic E-state index is 0.237. The van der Waals surface area contributed by atoms with Crippen molar-refractivity contribution in [2.45, 2.75) is 31.6 Å². The van der Waals surface area contributed by atoms with Crippen molar-refractivity contribution < 1.29 is 15.0 Å². The number of halogens is 1. The third-order valence-electron chi connectivity index (χ3n) is 5.79. The molecule has 1 aliphatic carbocycles. The number of aliphatic hydroxyl groups excluding tert-OH is 2. The zero-order chi connectivity index (χ0) is 22.3. The molecule has 0 radical (unpaired) electrons. The molecule has 1 fully saturated rings. The summed E-state index contributed by atoms with van der Waals surface area (Å²) in [6.45, 7) is 1.65. The van der Waals surface area contributed by atoms with Crippen molar-refractivity contribution >= 4 is 45.7 Å². The summed E-state index contributed by atoms with van der Waals surface area (Å²) in [5.41, 5.74) is 1.25. The zero-order valence-electron chi connectivity index (χ0n) is 17.2. The van der Waals surface area contributed by atoms with Gasteiger partial charge in [0.2, 0.25) is 5.91 Å². The Hall–Kier alpha value is -2.64. The first-order valence-corrected chi connectivity index (χ1v) is 10.9. The van der Waals surface area contributed by atoms with Gasteiger partial charge in [0.25, 0.3) is 0 Å². The second-order valence-electron chi connectivity index (χ2n) is 7.69. The van der Waals surface area contributed by atoms with Crippen LogP contribution in [0, 0.1) is 17.3 Å². The second kappa shape index (κ2) is 8.13. The SMILES string of the molecule is CNC(=O)C1(C)C[C@@H](n2cnc3c(NC)cc(C#Cc4ccc(Cl)s4)nc32)[C@H](O)[C@@H]1O. The number of imidazole rings is 1. The van der Waals surface area contributed by atoms with E-state index in [1.165, 1.54) is 18.4 Å². The van der Waals surface area contributed by atoms with Crippen LogP contribution in [0.1, 0.15) is 30.0 Å². The Labute approximate surface area is 188 Å². The molecule has 0 aromatic carbocycles. The summed E-state index contributed by atoms with van der Waals surface area (Å²) in [5, 5.41) is 27.1. The van der Waals surface area contributed by atoms with E-state index in [0.717, 1.165) is 10.6 Å². The lowest BCUT2D eigenvalue weighted by Gasteiger charge is -2.26. The van der Waals surface area contributed by atoms with Gasteiger partial charge < -0.3 is 25.4 Å². The normalized spacial score (nSPS) is 25.3. The Morgan fingerprint density at radius 3 is 2.77 bits per heavy atom. The number of thiophene rings is 1. The van der Waals surface area contributed by atoms with Gasteiger partial charge in [-0.05, 0) is 43.4 Å². The number of nitrogens with zero attached hydrogens (tertiary/aromatic N) is 3. The number of hydrogen-bond donors (Lipinski definition) is 4. The summed E-state index contributed by atoms with van der Waals surface area (Å²) in [7, 11) is 3.29. The van der Waals surface area contributed by atoms with Crippen molar-refractivity contribution in [2.24, 2.45) is 5.41 Å². The summed E-state index contributed by atoms with van der Waals surface area (Å²) < 4.78 is 2.38. The Morgan fingerprint density at radius 2 is 2.13 bits per heavy atom. The number of aromatic nitrogens is 3. The average Bonchev–Trinajstić information content (AvgIpc) is 3.44. The molecule has 1 unspecified atom stereocenters. The molecule has 3 aromatic rings. The largest absolute Gasteiger partial charge is 0.389 e. The fourth-order valence-corrected chi connectivity index (χ4v) is 4.95. The summed E-state index contributed by atoms with van der Waals surface area (Å²) in [6.07, 6.45) is -0.557. The summed E-state index contributed by atoms with van der Waals surface area (Å²) in [6, 6.07) is 4.87. The van der Waals surface area contributed by atoms with Gasteiger partial charge in [0.05, 0.1) is 38.8 Å². The standard InChI is InChI=1S/C21H22ClN5O3S/c1-21(20(30)24-3)9-14(17(28)18(21)29)27-10-25-16-13(23-2)8-11(26-19(16)27)4-5-12-6-7-15(22)31-12/h6-8,10,14,17-18,28-29H,9H2,1-3H3,(H,23,26)(H,24,30)/t14-,17+,18+,21?/m1/s1. The van der Waals surface area contributed by atoms with Gasteiger partial charge in [0, 0.05) is 14.1 Å². The number of rotatable bonds is 3. The predicted octanol–water partition coefficient (Wildman–Crippen LogP) is 2.01. The lowest BCUT2D eigenvalue weighted by molar-refractivity contribution is -0.136. The molecule has 162 valence electrons. The summed E-state index contributed by atoms with van der Waals surface area (Å²) >= 11 is 7.35. The minimum atomic E-state index is -1.22. The van der Waals surface area contributed by atoms with Crippen LogP contribution in [0.25, 0.3) is 11.2 Å². The zero-order valence-corrected chi connectivity index (χ0v) is 18.8. The van der Waals surface area contributed by atoms with Crippen molar-refractivity contribution in [1.82, 2.24) is 19.9 Å². The van der Waals surface area contributed by atoms with Crippen LogP contribution in [0.5, 0.6) is 0 Å². The molecule has 4 atom stereocenters. The highest BCUT2D eigenvalue weighted by molar-refractivity contribution is 7.16. The molecule has 31 heavy (non-hydrogen) atoms. The summed E-state index contributed by atoms with van der Waals surface area (Å²) in [5.74, 6) is 5.78. The highest BCUT2D eigenvalue weighted by atomic mass is 35.5. The first kappa shape index (κ1) is 21.6. The first-order valence-electron chi connectivity index (χ1n) is 9.69. The average molecular weight is 460 g/mol. The van der Waals surface area contributed by atoms with Crippen molar-refractivity contribution in [1.29, 1.82) is 0 Å². The smallest absolute Gasteiger partial charge is 0.228 e. The van der Waals surface area contributed by atoms with E-state index in [9.17, 15) is 15.0 Å². The van der Waals surface area contributed by atoms with Gasteiger partial charge in [0.15, 0.2) is 5.65 Å². The molecule has 0 bridgehead atoms. The lowest BCUT2D eigenvalue weighted by Crippen LogP contribution is -2.45. The first-order chi connectivity index (χ1) is 14.8. The molecule has 0 aliphatic heterocycles. The highest BCUT2D eigenvalue weighted by Gasteiger charge is 2.54. The third-order valence-corrected chi connectivity index (χ3v) is 6.94. The van der Waals surface area contributed by atoms with E-state index in [1.807, 2.05) is 6.07 Å². The number of aliphatic hydroxyl groups is 2. The van der Waals surface area contributed by atoms with E-state index in [1.54, 1.807) is 37.0 Å².